The van der Waals surface area contributed by atoms with Gasteiger partial charge in [0.2, 0.25) is 0 Å². The number of benzene rings is 1. The molecule has 0 radical (unpaired) electrons. The molecule has 190 valence electrons. The van der Waals surface area contributed by atoms with Gasteiger partial charge in [0.25, 0.3) is 0 Å². The summed E-state index contributed by atoms with van der Waals surface area (Å²) in [5.74, 6) is -0.542. The molecule has 2 aromatic rings. The third-order valence-corrected chi connectivity index (χ3v) is 5.26. The maximum absolute atomic E-state index is 12.9. The lowest BCUT2D eigenvalue weighted by atomic mass is 10.1. The summed E-state index contributed by atoms with van der Waals surface area (Å²) in [6.45, 7) is 8.80. The maximum Gasteiger partial charge on any atom is 0.410 e. The highest BCUT2D eigenvalue weighted by Gasteiger charge is 2.35. The molecule has 0 spiro atoms. The van der Waals surface area contributed by atoms with Crippen molar-refractivity contribution in [2.45, 2.75) is 58.9 Å². The Labute approximate surface area is 204 Å². The van der Waals surface area contributed by atoms with E-state index in [9.17, 15) is 14.4 Å². The normalized spacial score (nSPS) is 16.1. The summed E-state index contributed by atoms with van der Waals surface area (Å²) < 4.78 is 16.0. The van der Waals surface area contributed by atoms with E-state index in [1.807, 2.05) is 51.1 Å². The molecule has 35 heavy (non-hydrogen) atoms. The van der Waals surface area contributed by atoms with E-state index in [4.69, 9.17) is 14.2 Å². The number of hydrogen-bond donors (Lipinski definition) is 0. The SMILES string of the molecule is CCOC(=O)c1cnn(CC[C@@H]2CN(C(=O)OCc3ccccc3)CCN2C(=O)OC(C)(C)C)n1. The molecule has 0 aliphatic carbocycles. The van der Waals surface area contributed by atoms with E-state index in [2.05, 4.69) is 10.2 Å². The van der Waals surface area contributed by atoms with Gasteiger partial charge in [-0.2, -0.15) is 9.90 Å². The van der Waals surface area contributed by atoms with Crippen LogP contribution in [0, 0.1) is 0 Å². The lowest BCUT2D eigenvalue weighted by molar-refractivity contribution is -0.00530. The Bertz CT molecular complexity index is 1000. The van der Waals surface area contributed by atoms with Gasteiger partial charge in [0.1, 0.15) is 12.2 Å². The Kier molecular flexibility index (Phi) is 8.67. The minimum absolute atomic E-state index is 0.116. The largest absolute Gasteiger partial charge is 0.461 e. The second kappa shape index (κ2) is 11.7. The van der Waals surface area contributed by atoms with Crippen molar-refractivity contribution < 1.29 is 28.6 Å². The number of amides is 2. The molecule has 0 bridgehead atoms. The molecule has 2 amide bonds. The van der Waals surface area contributed by atoms with Crippen LogP contribution in [0.1, 0.15) is 50.2 Å². The van der Waals surface area contributed by atoms with Crippen LogP contribution < -0.4 is 0 Å². The molecule has 1 fully saturated rings. The fourth-order valence-electron chi connectivity index (χ4n) is 3.61. The highest BCUT2D eigenvalue weighted by Crippen LogP contribution is 2.19. The van der Waals surface area contributed by atoms with Crippen LogP contribution >= 0.6 is 0 Å². The van der Waals surface area contributed by atoms with Gasteiger partial charge in [0, 0.05) is 19.6 Å². The minimum atomic E-state index is -0.647. The lowest BCUT2D eigenvalue weighted by Crippen LogP contribution is -2.57. The number of hydrogen-bond acceptors (Lipinski definition) is 8. The van der Waals surface area contributed by atoms with Crippen molar-refractivity contribution in [1.82, 2.24) is 24.8 Å². The van der Waals surface area contributed by atoms with Gasteiger partial charge in [0.05, 0.1) is 25.4 Å². The monoisotopic (exact) mass is 487 g/mol. The summed E-state index contributed by atoms with van der Waals surface area (Å²) in [7, 11) is 0. The molecular weight excluding hydrogens is 454 g/mol. The fourth-order valence-corrected chi connectivity index (χ4v) is 3.61. The first-order chi connectivity index (χ1) is 16.7. The van der Waals surface area contributed by atoms with Crippen LogP contribution in [0.15, 0.2) is 36.5 Å². The topological polar surface area (TPSA) is 116 Å². The standard InChI is InChI=1S/C24H33N5O6/c1-5-33-21(30)20-15-25-29(26-20)12-11-19-16-27(13-14-28(19)23(32)35-24(2,3)4)22(31)34-17-18-9-7-6-8-10-18/h6-10,15,19H,5,11-14,16-17H2,1-4H3/t19-/m1/s1. The molecule has 1 aliphatic heterocycles. The molecule has 0 N–H and O–H groups in total. The Morgan fingerprint density at radius 1 is 1.06 bits per heavy atom. The van der Waals surface area contributed by atoms with Crippen LogP contribution in [0.2, 0.25) is 0 Å². The van der Waals surface area contributed by atoms with Crippen molar-refractivity contribution >= 4 is 18.2 Å². The van der Waals surface area contributed by atoms with Crippen LogP contribution in [-0.2, 0) is 27.4 Å². The number of carbonyl (C=O) groups excluding carboxylic acids is 3. The second-order valence-electron chi connectivity index (χ2n) is 9.15. The summed E-state index contributed by atoms with van der Waals surface area (Å²) >= 11 is 0. The number of esters is 1. The summed E-state index contributed by atoms with van der Waals surface area (Å²) in [4.78, 5) is 42.0. The van der Waals surface area contributed by atoms with E-state index >= 15 is 0 Å². The van der Waals surface area contributed by atoms with Gasteiger partial charge in [-0.3, -0.25) is 0 Å². The van der Waals surface area contributed by atoms with E-state index < -0.39 is 23.8 Å². The van der Waals surface area contributed by atoms with Gasteiger partial charge in [-0.05, 0) is 39.7 Å². The van der Waals surface area contributed by atoms with Gasteiger partial charge in [0.15, 0.2) is 5.69 Å². The molecule has 1 aliphatic rings. The Morgan fingerprint density at radius 3 is 2.49 bits per heavy atom. The van der Waals surface area contributed by atoms with Crippen molar-refractivity contribution in [3.8, 4) is 0 Å². The number of aromatic nitrogens is 3. The van der Waals surface area contributed by atoms with Crippen LogP contribution in [0.25, 0.3) is 0 Å². The average molecular weight is 488 g/mol. The number of nitrogens with zero attached hydrogens (tertiary/aromatic N) is 5. The van der Waals surface area contributed by atoms with Gasteiger partial charge in [-0.25, -0.2) is 14.4 Å². The summed E-state index contributed by atoms with van der Waals surface area (Å²) in [5.41, 5.74) is 0.364. The lowest BCUT2D eigenvalue weighted by Gasteiger charge is -2.41. The molecule has 0 unspecified atom stereocenters. The smallest absolute Gasteiger partial charge is 0.410 e. The zero-order valence-electron chi connectivity index (χ0n) is 20.7. The van der Waals surface area contributed by atoms with Crippen molar-refractivity contribution in [2.75, 3.05) is 26.2 Å². The third kappa shape index (κ3) is 7.69. The zero-order chi connectivity index (χ0) is 25.4. The average Bonchev–Trinajstić information content (AvgIpc) is 3.30. The van der Waals surface area contributed by atoms with Gasteiger partial charge < -0.3 is 24.0 Å². The van der Waals surface area contributed by atoms with Crippen molar-refractivity contribution in [1.29, 1.82) is 0 Å². The Morgan fingerprint density at radius 2 is 1.80 bits per heavy atom. The van der Waals surface area contributed by atoms with Crippen LogP contribution in [0.3, 0.4) is 0 Å². The van der Waals surface area contributed by atoms with Gasteiger partial charge >= 0.3 is 18.2 Å². The molecule has 1 atom stereocenters. The number of carbonyl (C=O) groups is 3. The molecule has 11 heteroatoms. The van der Waals surface area contributed by atoms with E-state index in [0.29, 0.717) is 26.1 Å². The first-order valence-electron chi connectivity index (χ1n) is 11.7. The third-order valence-electron chi connectivity index (χ3n) is 5.26. The fraction of sp³-hybridized carbons (Fsp3) is 0.542. The quantitative estimate of drug-likeness (QED) is 0.432. The second-order valence-corrected chi connectivity index (χ2v) is 9.15. The number of ether oxygens (including phenoxy) is 3. The van der Waals surface area contributed by atoms with Crippen molar-refractivity contribution in [3.63, 3.8) is 0 Å². The number of piperazine rings is 1. The van der Waals surface area contributed by atoms with Crippen molar-refractivity contribution in [2.24, 2.45) is 0 Å². The minimum Gasteiger partial charge on any atom is -0.461 e. The van der Waals surface area contributed by atoms with Crippen molar-refractivity contribution in [3.05, 3.63) is 47.8 Å². The molecule has 2 heterocycles. The summed E-state index contributed by atoms with van der Waals surface area (Å²) in [6, 6.07) is 9.09. The maximum atomic E-state index is 12.9. The molecule has 11 nitrogen and oxygen atoms in total. The first-order valence-corrected chi connectivity index (χ1v) is 11.7. The molecule has 1 aromatic carbocycles. The first kappa shape index (κ1) is 26.0. The zero-order valence-corrected chi connectivity index (χ0v) is 20.7. The Hall–Kier alpha value is -3.63. The predicted octanol–water partition coefficient (Wildman–Crippen LogP) is 3.10. The number of aryl methyl sites for hydroxylation is 1. The van der Waals surface area contributed by atoms with E-state index in [1.165, 1.54) is 11.0 Å². The Balaban J connectivity index is 1.65. The van der Waals surface area contributed by atoms with E-state index in [0.717, 1.165) is 5.56 Å². The van der Waals surface area contributed by atoms with E-state index in [1.54, 1.807) is 16.7 Å². The number of rotatable bonds is 7. The predicted molar refractivity (Wildman–Crippen MR) is 126 cm³/mol. The molecule has 1 saturated heterocycles. The van der Waals surface area contributed by atoms with E-state index in [-0.39, 0.29) is 31.5 Å². The van der Waals surface area contributed by atoms with Crippen LogP contribution in [-0.4, -0.2) is 80.8 Å². The summed E-state index contributed by atoms with van der Waals surface area (Å²) in [5, 5.41) is 8.27. The molecule has 3 rings (SSSR count). The highest BCUT2D eigenvalue weighted by molar-refractivity contribution is 5.86. The highest BCUT2D eigenvalue weighted by atomic mass is 16.6. The molecular formula is C24H33N5O6. The van der Waals surface area contributed by atoms with Crippen LogP contribution in [0.5, 0.6) is 0 Å². The van der Waals surface area contributed by atoms with Crippen LogP contribution in [0.4, 0.5) is 9.59 Å². The van der Waals surface area contributed by atoms with Gasteiger partial charge in [-0.1, -0.05) is 30.3 Å². The summed E-state index contributed by atoms with van der Waals surface area (Å²) in [6.07, 6.45) is 0.904. The molecule has 1 aromatic heterocycles. The van der Waals surface area contributed by atoms with Gasteiger partial charge in [-0.15, -0.1) is 5.10 Å². The molecule has 0 saturated carbocycles.